The van der Waals surface area contributed by atoms with Gasteiger partial charge in [-0.1, -0.05) is 17.3 Å². The Kier molecular flexibility index (Phi) is 4.77. The predicted molar refractivity (Wildman–Crippen MR) is 108 cm³/mol. The molecule has 0 aliphatic carbocycles. The van der Waals surface area contributed by atoms with Crippen LogP contribution < -0.4 is 10.5 Å². The Morgan fingerprint density at radius 1 is 1.20 bits per heavy atom. The van der Waals surface area contributed by atoms with E-state index in [-0.39, 0.29) is 17.3 Å². The van der Waals surface area contributed by atoms with Gasteiger partial charge >= 0.3 is 0 Å². The van der Waals surface area contributed by atoms with Gasteiger partial charge in [0.15, 0.2) is 26.8 Å². The highest BCUT2D eigenvalue weighted by atomic mass is 32.2. The largest absolute Gasteiger partial charge is 0.486 e. The summed E-state index contributed by atoms with van der Waals surface area (Å²) in [6, 6.07) is 10.4. The molecule has 30 heavy (non-hydrogen) atoms. The van der Waals surface area contributed by atoms with Crippen LogP contribution in [0.15, 0.2) is 47.6 Å². The summed E-state index contributed by atoms with van der Waals surface area (Å²) < 4.78 is 29.4. The van der Waals surface area contributed by atoms with Crippen molar-refractivity contribution < 1.29 is 13.2 Å². The molecule has 4 aromatic rings. The third kappa shape index (κ3) is 3.76. The quantitative estimate of drug-likeness (QED) is 0.490. The van der Waals surface area contributed by atoms with Gasteiger partial charge in [0.25, 0.3) is 0 Å². The van der Waals surface area contributed by atoms with Crippen molar-refractivity contribution in [3.63, 3.8) is 0 Å². The number of rotatable bonds is 5. The monoisotopic (exact) mass is 421 g/mol. The highest BCUT2D eigenvalue weighted by Gasteiger charge is 2.13. The lowest BCUT2D eigenvalue weighted by Crippen LogP contribution is -2.01. The van der Waals surface area contributed by atoms with E-state index in [1.165, 1.54) is 18.3 Å². The minimum Gasteiger partial charge on any atom is -0.486 e. The van der Waals surface area contributed by atoms with Gasteiger partial charge in [0, 0.05) is 35.8 Å². The molecule has 0 radical (unpaired) electrons. The number of hydrogen-bond donors (Lipinski definition) is 2. The molecule has 0 fully saturated rings. The van der Waals surface area contributed by atoms with E-state index < -0.39 is 9.84 Å². The van der Waals surface area contributed by atoms with Crippen LogP contribution >= 0.6 is 0 Å². The van der Waals surface area contributed by atoms with Gasteiger partial charge in [0.05, 0.1) is 16.5 Å². The van der Waals surface area contributed by atoms with E-state index in [1.807, 2.05) is 0 Å². The van der Waals surface area contributed by atoms with E-state index in [0.29, 0.717) is 39.2 Å². The maximum atomic E-state index is 11.8. The first kappa shape index (κ1) is 19.3. The highest BCUT2D eigenvalue weighted by Crippen LogP contribution is 2.27. The van der Waals surface area contributed by atoms with Crippen molar-refractivity contribution in [2.24, 2.45) is 0 Å². The van der Waals surface area contributed by atoms with Crippen molar-refractivity contribution in [1.82, 2.24) is 25.4 Å². The van der Waals surface area contributed by atoms with Crippen LogP contribution in [0.1, 0.15) is 11.1 Å². The molecule has 150 valence electrons. The molecule has 3 heterocycles. The standard InChI is InChI=1S/C19H15N7O3S/c1-30(27,28)15-5-14(8-22-9-15)11-2-3-12(13(4-11)7-20)10-29-16-6-17(21)23-19-18(16)24-26-25-19/h2-6,8-9H,10H2,1H3,(H3,21,23,24,25,26). The molecule has 10 nitrogen and oxygen atoms in total. The van der Waals surface area contributed by atoms with Gasteiger partial charge in [-0.15, -0.1) is 5.10 Å². The maximum absolute atomic E-state index is 11.8. The molecular weight excluding hydrogens is 406 g/mol. The molecule has 0 aliphatic rings. The van der Waals surface area contributed by atoms with Gasteiger partial charge in [-0.25, -0.2) is 18.5 Å². The number of aromatic amines is 1. The fourth-order valence-electron chi connectivity index (χ4n) is 2.86. The van der Waals surface area contributed by atoms with Crippen LogP contribution in [0.2, 0.25) is 0 Å². The number of aromatic nitrogens is 5. The Balaban J connectivity index is 1.63. The van der Waals surface area contributed by atoms with Gasteiger partial charge in [-0.05, 0) is 17.7 Å². The van der Waals surface area contributed by atoms with Crippen molar-refractivity contribution in [2.45, 2.75) is 11.5 Å². The molecule has 3 N–H and O–H groups in total. The van der Waals surface area contributed by atoms with Crippen LogP contribution in [-0.2, 0) is 16.4 Å². The second-order valence-corrected chi connectivity index (χ2v) is 8.52. The number of pyridine rings is 2. The molecule has 0 bridgehead atoms. The van der Waals surface area contributed by atoms with Gasteiger partial charge in [-0.3, -0.25) is 4.98 Å². The number of fused-ring (bicyclic) bond motifs is 1. The van der Waals surface area contributed by atoms with Crippen LogP contribution in [0.25, 0.3) is 22.3 Å². The third-order valence-corrected chi connectivity index (χ3v) is 5.45. The molecular formula is C19H15N7O3S. The van der Waals surface area contributed by atoms with Crippen LogP contribution in [0.5, 0.6) is 5.75 Å². The minimum absolute atomic E-state index is 0.0935. The van der Waals surface area contributed by atoms with Crippen molar-refractivity contribution in [2.75, 3.05) is 12.0 Å². The first-order valence-corrected chi connectivity index (χ1v) is 10.5. The number of ether oxygens (including phenoxy) is 1. The van der Waals surface area contributed by atoms with E-state index in [4.69, 9.17) is 10.5 Å². The molecule has 0 spiro atoms. The number of H-pyrrole nitrogens is 1. The average molecular weight is 421 g/mol. The topological polar surface area (TPSA) is 161 Å². The SMILES string of the molecule is CS(=O)(=O)c1cncc(-c2ccc(COc3cc(N)nc4[nH]nnc34)c(C#N)c2)c1. The molecule has 11 heteroatoms. The van der Waals surface area contributed by atoms with Crippen molar-refractivity contribution >= 4 is 26.8 Å². The number of nitriles is 1. The zero-order valence-electron chi connectivity index (χ0n) is 15.7. The normalized spacial score (nSPS) is 11.3. The smallest absolute Gasteiger partial charge is 0.181 e. The van der Waals surface area contributed by atoms with Gasteiger partial charge < -0.3 is 10.5 Å². The molecule has 3 aromatic heterocycles. The number of nitrogens with one attached hydrogen (secondary N) is 1. The molecule has 0 aliphatic heterocycles. The second-order valence-electron chi connectivity index (χ2n) is 6.51. The van der Waals surface area contributed by atoms with E-state index >= 15 is 0 Å². The maximum Gasteiger partial charge on any atom is 0.181 e. The highest BCUT2D eigenvalue weighted by molar-refractivity contribution is 7.90. The van der Waals surface area contributed by atoms with E-state index in [2.05, 4.69) is 31.4 Å². The molecule has 0 unspecified atom stereocenters. The number of nitrogens with zero attached hydrogens (tertiary/aromatic N) is 5. The third-order valence-electron chi connectivity index (χ3n) is 4.37. The average Bonchev–Trinajstić information content (AvgIpc) is 3.20. The number of sulfone groups is 1. The molecule has 0 amide bonds. The molecule has 0 atom stereocenters. The summed E-state index contributed by atoms with van der Waals surface area (Å²) in [6.07, 6.45) is 3.95. The fourth-order valence-corrected chi connectivity index (χ4v) is 3.45. The molecule has 0 saturated carbocycles. The van der Waals surface area contributed by atoms with Crippen LogP contribution in [-0.4, -0.2) is 40.1 Å². The van der Waals surface area contributed by atoms with Crippen molar-refractivity contribution in [3.8, 4) is 22.9 Å². The van der Waals surface area contributed by atoms with Crippen LogP contribution in [0, 0.1) is 11.3 Å². The summed E-state index contributed by atoms with van der Waals surface area (Å²) >= 11 is 0. The number of nitrogens with two attached hydrogens (primary N) is 1. The second kappa shape index (κ2) is 7.41. The number of anilines is 1. The molecule has 4 rings (SSSR count). The Hall–Kier alpha value is -4.04. The number of hydrogen-bond acceptors (Lipinski definition) is 9. The summed E-state index contributed by atoms with van der Waals surface area (Å²) in [6.45, 7) is 0.0935. The van der Waals surface area contributed by atoms with Crippen LogP contribution in [0.4, 0.5) is 5.82 Å². The first-order valence-electron chi connectivity index (χ1n) is 8.64. The lowest BCUT2D eigenvalue weighted by atomic mass is 10.0. The van der Waals surface area contributed by atoms with Crippen molar-refractivity contribution in [1.29, 1.82) is 5.26 Å². The zero-order valence-corrected chi connectivity index (χ0v) is 16.5. The predicted octanol–water partition coefficient (Wildman–Crippen LogP) is 1.85. The number of benzene rings is 1. The Morgan fingerprint density at radius 2 is 2.03 bits per heavy atom. The zero-order chi connectivity index (χ0) is 21.3. The minimum atomic E-state index is -3.39. The van der Waals surface area contributed by atoms with E-state index in [0.717, 1.165) is 6.26 Å². The Labute approximate surface area is 171 Å². The Bertz CT molecular complexity index is 1410. The summed E-state index contributed by atoms with van der Waals surface area (Å²) in [5, 5.41) is 19.8. The Morgan fingerprint density at radius 3 is 2.80 bits per heavy atom. The van der Waals surface area contributed by atoms with Crippen molar-refractivity contribution in [3.05, 3.63) is 53.9 Å². The summed E-state index contributed by atoms with van der Waals surface area (Å²) in [4.78, 5) is 8.17. The van der Waals surface area contributed by atoms with Gasteiger partial charge in [0.1, 0.15) is 12.4 Å². The fraction of sp³-hybridized carbons (Fsp3) is 0.105. The number of nitrogen functional groups attached to an aromatic ring is 1. The molecule has 0 saturated heterocycles. The first-order chi connectivity index (χ1) is 14.3. The van der Waals surface area contributed by atoms with E-state index in [1.54, 1.807) is 24.4 Å². The lowest BCUT2D eigenvalue weighted by Gasteiger charge is -2.10. The van der Waals surface area contributed by atoms with E-state index in [9.17, 15) is 13.7 Å². The summed E-state index contributed by atoms with van der Waals surface area (Å²) in [5.41, 5.74) is 8.89. The summed E-state index contributed by atoms with van der Waals surface area (Å²) in [5.74, 6) is 0.641. The van der Waals surface area contributed by atoms with Crippen LogP contribution in [0.3, 0.4) is 0 Å². The van der Waals surface area contributed by atoms with Gasteiger partial charge in [0.2, 0.25) is 0 Å². The summed E-state index contributed by atoms with van der Waals surface area (Å²) in [7, 11) is -3.39. The lowest BCUT2D eigenvalue weighted by molar-refractivity contribution is 0.309. The van der Waals surface area contributed by atoms with Gasteiger partial charge in [-0.2, -0.15) is 5.26 Å². The molecule has 1 aromatic carbocycles.